The second-order valence-corrected chi connectivity index (χ2v) is 7.83. The number of piperidine rings is 1. The Morgan fingerprint density at radius 1 is 1.25 bits per heavy atom. The maximum Gasteiger partial charge on any atom is 0.259 e. The number of aromatic nitrogens is 1. The molecule has 1 aliphatic rings. The van der Waals surface area contributed by atoms with Crippen molar-refractivity contribution in [3.63, 3.8) is 0 Å². The molecule has 1 saturated heterocycles. The first-order chi connectivity index (χ1) is 13.4. The number of likely N-dealkylation sites (tertiary alicyclic amines) is 1. The molecule has 6 heteroatoms. The number of hydrogen-bond acceptors (Lipinski definition) is 5. The molecule has 3 N–H and O–H groups in total. The molecule has 1 aromatic carbocycles. The second kappa shape index (κ2) is 9.06. The fraction of sp³-hybridized carbons (Fsp3) is 0.455. The minimum atomic E-state index is -0.288. The Morgan fingerprint density at radius 3 is 2.64 bits per heavy atom. The number of phenolic OH excluding ortho intramolecular Hbond substituents is 1. The minimum absolute atomic E-state index is 0.0872. The van der Waals surface area contributed by atoms with Gasteiger partial charge in [0, 0.05) is 18.8 Å². The van der Waals surface area contributed by atoms with Crippen LogP contribution in [-0.2, 0) is 0 Å². The molecule has 150 valence electrons. The number of amides is 1. The molecule has 0 aliphatic carbocycles. The van der Waals surface area contributed by atoms with Crippen molar-refractivity contribution in [2.24, 2.45) is 5.92 Å². The Bertz CT molecular complexity index is 797. The third kappa shape index (κ3) is 5.01. The third-order valence-electron chi connectivity index (χ3n) is 5.39. The van der Waals surface area contributed by atoms with Crippen molar-refractivity contribution in [2.75, 3.05) is 30.3 Å². The molecule has 28 heavy (non-hydrogen) atoms. The maximum atomic E-state index is 12.7. The Hall–Kier alpha value is -2.60. The number of aromatic hydroxyl groups is 1. The van der Waals surface area contributed by atoms with Crippen molar-refractivity contribution < 1.29 is 9.90 Å². The van der Waals surface area contributed by atoms with E-state index in [9.17, 15) is 9.90 Å². The summed E-state index contributed by atoms with van der Waals surface area (Å²) in [5.41, 5.74) is 1.93. The summed E-state index contributed by atoms with van der Waals surface area (Å²) in [6.07, 6.45) is 3.95. The summed E-state index contributed by atoms with van der Waals surface area (Å²) < 4.78 is 0. The van der Waals surface area contributed by atoms with E-state index in [2.05, 4.69) is 34.4 Å². The van der Waals surface area contributed by atoms with Gasteiger partial charge in [-0.05, 0) is 76.4 Å². The lowest BCUT2D eigenvalue weighted by atomic mass is 9.95. The number of para-hydroxylation sites is 1. The summed E-state index contributed by atoms with van der Waals surface area (Å²) in [7, 11) is 0. The highest BCUT2D eigenvalue weighted by atomic mass is 16.3. The highest BCUT2D eigenvalue weighted by molar-refractivity contribution is 6.08. The van der Waals surface area contributed by atoms with Gasteiger partial charge >= 0.3 is 0 Å². The molecule has 2 heterocycles. The lowest BCUT2D eigenvalue weighted by Crippen LogP contribution is -2.39. The first kappa shape index (κ1) is 20.1. The zero-order valence-electron chi connectivity index (χ0n) is 16.9. The van der Waals surface area contributed by atoms with Gasteiger partial charge in [0.1, 0.15) is 11.6 Å². The van der Waals surface area contributed by atoms with Gasteiger partial charge in [0.2, 0.25) is 0 Å². The molecular formula is C22H30N4O2. The Balaban J connectivity index is 1.65. The standard InChI is InChI=1S/C22H30N4O2/c1-15(2)26-11-9-17(10-12-26)14-24-21-18(5-4-6-19(21)27)22(28)25-20-8-7-16(3)13-23-20/h4-8,13,15,17,24,27H,9-12,14H2,1-3H3,(H,23,25,28). The van der Waals surface area contributed by atoms with Crippen LogP contribution >= 0.6 is 0 Å². The lowest BCUT2D eigenvalue weighted by molar-refractivity contribution is 0.102. The van der Waals surface area contributed by atoms with Crippen molar-refractivity contribution in [3.8, 4) is 5.75 Å². The molecule has 1 amide bonds. The van der Waals surface area contributed by atoms with Gasteiger partial charge in [-0.25, -0.2) is 4.98 Å². The van der Waals surface area contributed by atoms with E-state index < -0.39 is 0 Å². The molecule has 1 fully saturated rings. The zero-order chi connectivity index (χ0) is 20.1. The minimum Gasteiger partial charge on any atom is -0.506 e. The Morgan fingerprint density at radius 2 is 2.00 bits per heavy atom. The molecule has 1 aliphatic heterocycles. The Labute approximate surface area is 167 Å². The summed E-state index contributed by atoms with van der Waals surface area (Å²) in [4.78, 5) is 19.4. The van der Waals surface area contributed by atoms with E-state index in [-0.39, 0.29) is 11.7 Å². The molecule has 0 bridgehead atoms. The van der Waals surface area contributed by atoms with Gasteiger partial charge in [0.05, 0.1) is 11.3 Å². The molecule has 0 radical (unpaired) electrons. The van der Waals surface area contributed by atoms with Crippen LogP contribution in [0.15, 0.2) is 36.5 Å². The predicted octanol–water partition coefficient (Wildman–Crippen LogP) is 3.88. The Kier molecular flexibility index (Phi) is 6.52. The molecule has 2 aromatic rings. The van der Waals surface area contributed by atoms with Gasteiger partial charge in [0.25, 0.3) is 5.91 Å². The molecule has 0 unspecified atom stereocenters. The first-order valence-corrected chi connectivity index (χ1v) is 9.98. The number of nitrogens with zero attached hydrogens (tertiary/aromatic N) is 2. The van der Waals surface area contributed by atoms with Gasteiger partial charge in [-0.3, -0.25) is 4.79 Å². The fourth-order valence-corrected chi connectivity index (χ4v) is 3.56. The van der Waals surface area contributed by atoms with Crippen LogP contribution < -0.4 is 10.6 Å². The van der Waals surface area contributed by atoms with Crippen LogP contribution in [0, 0.1) is 12.8 Å². The van der Waals surface area contributed by atoms with E-state index in [4.69, 9.17) is 0 Å². The van der Waals surface area contributed by atoms with Gasteiger partial charge < -0.3 is 20.6 Å². The summed E-state index contributed by atoms with van der Waals surface area (Å²) >= 11 is 0. The topological polar surface area (TPSA) is 77.5 Å². The number of carbonyl (C=O) groups is 1. The highest BCUT2D eigenvalue weighted by Gasteiger charge is 2.22. The smallest absolute Gasteiger partial charge is 0.259 e. The highest BCUT2D eigenvalue weighted by Crippen LogP contribution is 2.29. The van der Waals surface area contributed by atoms with Crippen molar-refractivity contribution in [1.82, 2.24) is 9.88 Å². The van der Waals surface area contributed by atoms with E-state index in [1.165, 1.54) is 0 Å². The number of rotatable bonds is 6. The number of phenols is 1. The molecule has 0 saturated carbocycles. The van der Waals surface area contributed by atoms with E-state index in [1.54, 1.807) is 30.5 Å². The number of anilines is 2. The third-order valence-corrected chi connectivity index (χ3v) is 5.39. The van der Waals surface area contributed by atoms with E-state index >= 15 is 0 Å². The van der Waals surface area contributed by atoms with Crippen LogP contribution in [0.25, 0.3) is 0 Å². The molecular weight excluding hydrogens is 352 g/mol. The molecule has 0 spiro atoms. The van der Waals surface area contributed by atoms with Gasteiger partial charge in [-0.2, -0.15) is 0 Å². The van der Waals surface area contributed by atoms with Crippen molar-refractivity contribution in [2.45, 2.75) is 39.7 Å². The molecule has 6 nitrogen and oxygen atoms in total. The summed E-state index contributed by atoms with van der Waals surface area (Å²) in [5, 5.41) is 16.4. The van der Waals surface area contributed by atoms with Crippen LogP contribution in [0.2, 0.25) is 0 Å². The first-order valence-electron chi connectivity index (χ1n) is 9.98. The number of nitrogens with one attached hydrogen (secondary N) is 2. The summed E-state index contributed by atoms with van der Waals surface area (Å²) in [6.45, 7) is 9.34. The fourth-order valence-electron chi connectivity index (χ4n) is 3.56. The monoisotopic (exact) mass is 382 g/mol. The summed E-state index contributed by atoms with van der Waals surface area (Å²) in [6, 6.07) is 9.24. The van der Waals surface area contributed by atoms with Crippen molar-refractivity contribution >= 4 is 17.4 Å². The average Bonchev–Trinajstić information content (AvgIpc) is 2.69. The number of carbonyl (C=O) groups excluding carboxylic acids is 1. The predicted molar refractivity (Wildman–Crippen MR) is 113 cm³/mol. The van der Waals surface area contributed by atoms with Crippen LogP contribution in [0.3, 0.4) is 0 Å². The molecule has 0 atom stereocenters. The van der Waals surface area contributed by atoms with E-state index in [0.29, 0.717) is 29.0 Å². The zero-order valence-corrected chi connectivity index (χ0v) is 16.9. The average molecular weight is 383 g/mol. The van der Waals surface area contributed by atoms with Crippen molar-refractivity contribution in [1.29, 1.82) is 0 Å². The lowest BCUT2D eigenvalue weighted by Gasteiger charge is -2.34. The summed E-state index contributed by atoms with van der Waals surface area (Å²) in [5.74, 6) is 0.823. The number of benzene rings is 1. The van der Waals surface area contributed by atoms with E-state index in [0.717, 1.165) is 38.0 Å². The quantitative estimate of drug-likeness (QED) is 0.661. The number of hydrogen-bond donors (Lipinski definition) is 3. The van der Waals surface area contributed by atoms with Gasteiger partial charge in [-0.1, -0.05) is 12.1 Å². The largest absolute Gasteiger partial charge is 0.506 e. The molecule has 3 rings (SSSR count). The second-order valence-electron chi connectivity index (χ2n) is 7.83. The van der Waals surface area contributed by atoms with Crippen LogP contribution in [0.4, 0.5) is 11.5 Å². The molecule has 1 aromatic heterocycles. The van der Waals surface area contributed by atoms with Crippen molar-refractivity contribution in [3.05, 3.63) is 47.7 Å². The van der Waals surface area contributed by atoms with Crippen LogP contribution in [0.5, 0.6) is 5.75 Å². The number of aryl methyl sites for hydroxylation is 1. The number of pyridine rings is 1. The SMILES string of the molecule is Cc1ccc(NC(=O)c2cccc(O)c2NCC2CCN(C(C)C)CC2)nc1. The maximum absolute atomic E-state index is 12.7. The van der Waals surface area contributed by atoms with E-state index in [1.807, 2.05) is 13.0 Å². The van der Waals surface area contributed by atoms with Crippen LogP contribution in [0.1, 0.15) is 42.6 Å². The van der Waals surface area contributed by atoms with Gasteiger partial charge in [0.15, 0.2) is 0 Å². The van der Waals surface area contributed by atoms with Gasteiger partial charge in [-0.15, -0.1) is 0 Å². The normalized spacial score (nSPS) is 15.6. The van der Waals surface area contributed by atoms with Crippen LogP contribution in [-0.4, -0.2) is 46.6 Å².